The first-order valence-corrected chi connectivity index (χ1v) is 10.5. The van der Waals surface area contributed by atoms with Gasteiger partial charge in [0.15, 0.2) is 0 Å². The Morgan fingerprint density at radius 3 is 2.50 bits per heavy atom. The van der Waals surface area contributed by atoms with Crippen molar-refractivity contribution in [2.24, 2.45) is 0 Å². The van der Waals surface area contributed by atoms with Gasteiger partial charge in [0.1, 0.15) is 11.9 Å². The highest BCUT2D eigenvalue weighted by atomic mass is 32.2. The summed E-state index contributed by atoms with van der Waals surface area (Å²) < 4.78 is 13.2. The topological polar surface area (TPSA) is 49.4 Å². The number of nitrogens with zero attached hydrogens (tertiary/aromatic N) is 1. The molecule has 2 amide bonds. The van der Waals surface area contributed by atoms with Gasteiger partial charge in [0, 0.05) is 18.8 Å². The molecule has 0 aromatic heterocycles. The normalized spacial score (nSPS) is 11.7. The van der Waals surface area contributed by atoms with Crippen molar-refractivity contribution in [1.82, 2.24) is 10.2 Å². The molecule has 0 unspecified atom stereocenters. The molecule has 0 saturated heterocycles. The van der Waals surface area contributed by atoms with E-state index in [9.17, 15) is 14.0 Å². The van der Waals surface area contributed by atoms with E-state index in [-0.39, 0.29) is 29.9 Å². The van der Waals surface area contributed by atoms with Crippen molar-refractivity contribution in [2.45, 2.75) is 39.1 Å². The van der Waals surface area contributed by atoms with Gasteiger partial charge in [-0.25, -0.2) is 4.39 Å². The van der Waals surface area contributed by atoms with Gasteiger partial charge in [0.2, 0.25) is 11.8 Å². The Morgan fingerprint density at radius 1 is 1.14 bits per heavy atom. The van der Waals surface area contributed by atoms with Crippen LogP contribution in [0.5, 0.6) is 0 Å². The molecule has 0 heterocycles. The van der Waals surface area contributed by atoms with Gasteiger partial charge in [-0.05, 0) is 44.0 Å². The molecule has 28 heavy (non-hydrogen) atoms. The van der Waals surface area contributed by atoms with Crippen LogP contribution in [0.2, 0.25) is 0 Å². The third-order valence-corrected chi connectivity index (χ3v) is 5.35. The van der Waals surface area contributed by atoms with E-state index in [1.54, 1.807) is 24.0 Å². The van der Waals surface area contributed by atoms with Crippen LogP contribution in [0.1, 0.15) is 30.5 Å². The first kappa shape index (κ1) is 22.0. The summed E-state index contributed by atoms with van der Waals surface area (Å²) in [5.41, 5.74) is 3.14. The first-order valence-electron chi connectivity index (χ1n) is 9.35. The lowest BCUT2D eigenvalue weighted by Gasteiger charge is -2.28. The average Bonchev–Trinajstić information content (AvgIpc) is 2.67. The Hall–Kier alpha value is -2.34. The number of likely N-dealkylation sites (N-methyl/N-ethyl adjacent to an activating group) is 1. The largest absolute Gasteiger partial charge is 0.355 e. The third kappa shape index (κ3) is 6.68. The number of benzene rings is 2. The molecule has 2 aromatic rings. The predicted molar refractivity (Wildman–Crippen MR) is 112 cm³/mol. The van der Waals surface area contributed by atoms with Gasteiger partial charge in [-0.3, -0.25) is 9.59 Å². The molecule has 1 N–H and O–H groups in total. The highest BCUT2D eigenvalue weighted by Crippen LogP contribution is 2.17. The molecule has 0 aliphatic carbocycles. The maximum atomic E-state index is 13.2. The fourth-order valence-corrected chi connectivity index (χ4v) is 3.69. The zero-order valence-electron chi connectivity index (χ0n) is 16.6. The van der Waals surface area contributed by atoms with Gasteiger partial charge in [-0.1, -0.05) is 42.0 Å². The number of rotatable bonds is 9. The van der Waals surface area contributed by atoms with Crippen LogP contribution in [0.15, 0.2) is 48.5 Å². The van der Waals surface area contributed by atoms with Crippen LogP contribution >= 0.6 is 11.8 Å². The maximum absolute atomic E-state index is 13.2. The van der Waals surface area contributed by atoms with Gasteiger partial charge < -0.3 is 10.2 Å². The molecule has 0 bridgehead atoms. The highest BCUT2D eigenvalue weighted by molar-refractivity contribution is 7.99. The molecule has 4 nitrogen and oxygen atoms in total. The van der Waals surface area contributed by atoms with Crippen molar-refractivity contribution in [3.05, 3.63) is 71.0 Å². The van der Waals surface area contributed by atoms with E-state index >= 15 is 0 Å². The Labute approximate surface area is 170 Å². The summed E-state index contributed by atoms with van der Waals surface area (Å²) in [7, 11) is 0. The molecule has 0 aliphatic rings. The number of thioether (sulfide) groups is 1. The van der Waals surface area contributed by atoms with Crippen molar-refractivity contribution in [1.29, 1.82) is 0 Å². The van der Waals surface area contributed by atoms with Crippen LogP contribution < -0.4 is 5.32 Å². The summed E-state index contributed by atoms with van der Waals surface area (Å²) in [6.07, 6.45) is 0. The van der Waals surface area contributed by atoms with Gasteiger partial charge in [-0.15, -0.1) is 11.8 Å². The second kappa shape index (κ2) is 10.9. The zero-order valence-corrected chi connectivity index (χ0v) is 17.4. The number of amides is 2. The SMILES string of the molecule is CCNC(=O)[C@@H](C)N(Cc1ccc(F)cc1)C(=O)CSCc1cccc(C)c1. The molecule has 0 radical (unpaired) electrons. The molecule has 0 saturated carbocycles. The minimum Gasteiger partial charge on any atom is -0.355 e. The van der Waals surface area contributed by atoms with Crippen molar-refractivity contribution in [2.75, 3.05) is 12.3 Å². The number of aryl methyl sites for hydroxylation is 1. The lowest BCUT2D eigenvalue weighted by atomic mass is 10.1. The van der Waals surface area contributed by atoms with Crippen molar-refractivity contribution in [3.63, 3.8) is 0 Å². The second-order valence-electron chi connectivity index (χ2n) is 6.70. The summed E-state index contributed by atoms with van der Waals surface area (Å²) >= 11 is 1.52. The summed E-state index contributed by atoms with van der Waals surface area (Å²) in [6.45, 7) is 6.37. The second-order valence-corrected chi connectivity index (χ2v) is 7.69. The number of carbonyl (C=O) groups is 2. The van der Waals surface area contributed by atoms with Crippen LogP contribution in [0.3, 0.4) is 0 Å². The number of nitrogens with one attached hydrogen (secondary N) is 1. The minimum absolute atomic E-state index is 0.110. The molecular weight excluding hydrogens is 375 g/mol. The predicted octanol–water partition coefficient (Wildman–Crippen LogP) is 3.92. The fourth-order valence-electron chi connectivity index (χ4n) is 2.83. The van der Waals surface area contributed by atoms with Gasteiger partial charge in [0.05, 0.1) is 5.75 Å². The standard InChI is InChI=1S/C22H27FN2O2S/c1-4-24-22(27)17(3)25(13-18-8-10-20(23)11-9-18)21(26)15-28-14-19-7-5-6-16(2)12-19/h5-12,17H,4,13-15H2,1-3H3,(H,24,27)/t17-/m1/s1. The smallest absolute Gasteiger partial charge is 0.242 e. The van der Waals surface area contributed by atoms with E-state index < -0.39 is 6.04 Å². The minimum atomic E-state index is -0.600. The first-order chi connectivity index (χ1) is 13.4. The van der Waals surface area contributed by atoms with Crippen molar-refractivity contribution >= 4 is 23.6 Å². The molecule has 150 valence electrons. The molecule has 2 rings (SSSR count). The van der Waals surface area contributed by atoms with Crippen molar-refractivity contribution < 1.29 is 14.0 Å². The maximum Gasteiger partial charge on any atom is 0.242 e. The third-order valence-electron chi connectivity index (χ3n) is 4.36. The monoisotopic (exact) mass is 402 g/mol. The Bertz CT molecular complexity index is 795. The number of hydrogen-bond acceptors (Lipinski definition) is 3. The van der Waals surface area contributed by atoms with Gasteiger partial charge in [0.25, 0.3) is 0 Å². The lowest BCUT2D eigenvalue weighted by Crippen LogP contribution is -2.48. The molecule has 6 heteroatoms. The van der Waals surface area contributed by atoms with E-state index in [0.29, 0.717) is 6.54 Å². The number of hydrogen-bond donors (Lipinski definition) is 1. The van der Waals surface area contributed by atoms with E-state index in [2.05, 4.69) is 11.4 Å². The quantitative estimate of drug-likeness (QED) is 0.692. The highest BCUT2D eigenvalue weighted by Gasteiger charge is 2.25. The van der Waals surface area contributed by atoms with Crippen molar-refractivity contribution in [3.8, 4) is 0 Å². The lowest BCUT2D eigenvalue weighted by molar-refractivity contribution is -0.138. The molecule has 0 aliphatic heterocycles. The summed E-state index contributed by atoms with van der Waals surface area (Å²) in [4.78, 5) is 26.7. The van der Waals surface area contributed by atoms with Crippen LogP contribution in [0.4, 0.5) is 4.39 Å². The van der Waals surface area contributed by atoms with E-state index in [1.807, 2.05) is 32.0 Å². The van der Waals surface area contributed by atoms with Gasteiger partial charge >= 0.3 is 0 Å². The van der Waals surface area contributed by atoms with E-state index in [0.717, 1.165) is 11.3 Å². The Kier molecular flexibility index (Phi) is 8.51. The number of halogens is 1. The molecule has 0 fully saturated rings. The van der Waals surface area contributed by atoms with Crippen LogP contribution in [0, 0.1) is 12.7 Å². The summed E-state index contributed by atoms with van der Waals surface area (Å²) in [5.74, 6) is 0.376. The molecule has 0 spiro atoms. The zero-order chi connectivity index (χ0) is 20.5. The molecule has 2 aromatic carbocycles. The fraction of sp³-hybridized carbons (Fsp3) is 0.364. The Balaban J connectivity index is 2.04. The molecule has 1 atom stereocenters. The molecular formula is C22H27FN2O2S. The van der Waals surface area contributed by atoms with Crippen LogP contribution in [0.25, 0.3) is 0 Å². The Morgan fingerprint density at radius 2 is 1.86 bits per heavy atom. The number of carbonyl (C=O) groups excluding carboxylic acids is 2. The van der Waals surface area contributed by atoms with Gasteiger partial charge in [-0.2, -0.15) is 0 Å². The van der Waals surface area contributed by atoms with Crippen LogP contribution in [-0.4, -0.2) is 35.1 Å². The van der Waals surface area contributed by atoms with E-state index in [1.165, 1.54) is 35.0 Å². The summed E-state index contributed by atoms with van der Waals surface area (Å²) in [5, 5.41) is 2.76. The average molecular weight is 403 g/mol. The van der Waals surface area contributed by atoms with Crippen LogP contribution in [-0.2, 0) is 21.9 Å². The summed E-state index contributed by atoms with van der Waals surface area (Å²) in [6, 6.07) is 13.6. The van der Waals surface area contributed by atoms with E-state index in [4.69, 9.17) is 0 Å².